The summed E-state index contributed by atoms with van der Waals surface area (Å²) in [6.07, 6.45) is 5.91. The van der Waals surface area contributed by atoms with Crippen molar-refractivity contribution >= 4 is 17.5 Å². The highest BCUT2D eigenvalue weighted by molar-refractivity contribution is 6.31. The third-order valence-corrected chi connectivity index (χ3v) is 5.58. The normalized spacial score (nSPS) is 19.5. The molecular weight excluding hydrogens is 324 g/mol. The molecule has 2 rings (SSSR count). The van der Waals surface area contributed by atoms with E-state index in [1.807, 2.05) is 38.1 Å². The molecule has 1 saturated carbocycles. The number of hydrogen-bond donors (Lipinski definition) is 3. The van der Waals surface area contributed by atoms with Crippen molar-refractivity contribution < 1.29 is 9.90 Å². The maximum atomic E-state index is 12.3. The van der Waals surface area contributed by atoms with Gasteiger partial charge < -0.3 is 15.7 Å². The number of aliphatic hydroxyl groups is 1. The largest absolute Gasteiger partial charge is 0.394 e. The monoisotopic (exact) mass is 352 g/mol. The van der Waals surface area contributed by atoms with Gasteiger partial charge in [-0.2, -0.15) is 0 Å². The minimum Gasteiger partial charge on any atom is -0.394 e. The van der Waals surface area contributed by atoms with Crippen molar-refractivity contribution in [2.24, 2.45) is 5.92 Å². The molecule has 1 amide bonds. The van der Waals surface area contributed by atoms with E-state index in [4.69, 9.17) is 11.6 Å². The number of aliphatic hydroxyl groups excluding tert-OH is 1. The summed E-state index contributed by atoms with van der Waals surface area (Å²) < 4.78 is 0. The van der Waals surface area contributed by atoms with E-state index in [2.05, 4.69) is 10.6 Å². The molecule has 1 aromatic rings. The Morgan fingerprint density at radius 2 is 2.00 bits per heavy atom. The lowest BCUT2D eigenvalue weighted by Gasteiger charge is -2.39. The Bertz CT molecular complexity index is 546. The summed E-state index contributed by atoms with van der Waals surface area (Å²) >= 11 is 6.18. The summed E-state index contributed by atoms with van der Waals surface area (Å²) in [7, 11) is 0. The first kappa shape index (κ1) is 19.2. The van der Waals surface area contributed by atoms with Crippen LogP contribution in [0.2, 0.25) is 5.02 Å². The van der Waals surface area contributed by atoms with Gasteiger partial charge in [-0.1, -0.05) is 49.1 Å². The van der Waals surface area contributed by atoms with Gasteiger partial charge in [0.2, 0.25) is 5.91 Å². The summed E-state index contributed by atoms with van der Waals surface area (Å²) in [5.74, 6) is 0.336. The summed E-state index contributed by atoms with van der Waals surface area (Å²) in [6.45, 7) is 4.19. The van der Waals surface area contributed by atoms with E-state index in [1.54, 1.807) is 0 Å². The molecule has 5 heteroatoms. The van der Waals surface area contributed by atoms with Crippen LogP contribution in [0.15, 0.2) is 24.3 Å². The van der Waals surface area contributed by atoms with E-state index in [9.17, 15) is 9.90 Å². The third kappa shape index (κ3) is 4.95. The molecule has 1 fully saturated rings. The van der Waals surface area contributed by atoms with Crippen LogP contribution in [0, 0.1) is 5.92 Å². The van der Waals surface area contributed by atoms with E-state index in [0.29, 0.717) is 10.9 Å². The highest BCUT2D eigenvalue weighted by Gasteiger charge is 2.34. The Balaban J connectivity index is 1.88. The first-order valence-electron chi connectivity index (χ1n) is 8.86. The zero-order valence-corrected chi connectivity index (χ0v) is 15.4. The maximum Gasteiger partial charge on any atom is 0.234 e. The zero-order valence-electron chi connectivity index (χ0n) is 14.6. The van der Waals surface area contributed by atoms with Crippen LogP contribution in [-0.4, -0.2) is 29.7 Å². The molecule has 2 atom stereocenters. The van der Waals surface area contributed by atoms with Crippen LogP contribution in [0.1, 0.15) is 57.6 Å². The number of halogens is 1. The second-order valence-corrected chi connectivity index (χ2v) is 7.48. The molecule has 0 aromatic heterocycles. The van der Waals surface area contributed by atoms with Gasteiger partial charge in [0.1, 0.15) is 0 Å². The van der Waals surface area contributed by atoms with E-state index in [0.717, 1.165) is 18.4 Å². The highest BCUT2D eigenvalue weighted by atomic mass is 35.5. The number of hydrogen-bond acceptors (Lipinski definition) is 3. The van der Waals surface area contributed by atoms with Crippen molar-refractivity contribution in [3.8, 4) is 0 Å². The predicted octanol–water partition coefficient (Wildman–Crippen LogP) is 3.44. The third-order valence-electron chi connectivity index (χ3n) is 5.24. The summed E-state index contributed by atoms with van der Waals surface area (Å²) in [5.41, 5.74) is 0.510. The molecular formula is C19H29ClN2O2. The second kappa shape index (κ2) is 8.84. The van der Waals surface area contributed by atoms with Crippen molar-refractivity contribution in [3.63, 3.8) is 0 Å². The van der Waals surface area contributed by atoms with Crippen molar-refractivity contribution in [3.05, 3.63) is 34.9 Å². The first-order valence-corrected chi connectivity index (χ1v) is 9.24. The molecule has 0 heterocycles. The fourth-order valence-corrected chi connectivity index (χ4v) is 3.85. The van der Waals surface area contributed by atoms with Gasteiger partial charge in [-0.15, -0.1) is 0 Å². The Morgan fingerprint density at radius 1 is 1.33 bits per heavy atom. The SMILES string of the molecule is C[C@@H](NC(=O)CN[C@@](C)(CO)C1CCCCC1)c1ccccc1Cl. The van der Waals surface area contributed by atoms with Crippen molar-refractivity contribution in [1.82, 2.24) is 10.6 Å². The van der Waals surface area contributed by atoms with Crippen molar-refractivity contribution in [1.29, 1.82) is 0 Å². The molecule has 0 saturated heterocycles. The molecule has 1 aliphatic carbocycles. The molecule has 4 nitrogen and oxygen atoms in total. The van der Waals surface area contributed by atoms with Gasteiger partial charge in [0, 0.05) is 10.6 Å². The Kier molecular flexibility index (Phi) is 7.08. The average molecular weight is 353 g/mol. The van der Waals surface area contributed by atoms with E-state index in [-0.39, 0.29) is 25.1 Å². The number of carbonyl (C=O) groups excluding carboxylic acids is 1. The average Bonchev–Trinajstić information content (AvgIpc) is 2.60. The Labute approximate surface area is 150 Å². The lowest BCUT2D eigenvalue weighted by molar-refractivity contribution is -0.121. The van der Waals surface area contributed by atoms with Gasteiger partial charge in [-0.05, 0) is 44.2 Å². The van der Waals surface area contributed by atoms with Crippen LogP contribution in [0.3, 0.4) is 0 Å². The van der Waals surface area contributed by atoms with Gasteiger partial charge in [0.05, 0.1) is 19.2 Å². The maximum absolute atomic E-state index is 12.3. The van der Waals surface area contributed by atoms with E-state index in [1.165, 1.54) is 19.3 Å². The smallest absolute Gasteiger partial charge is 0.234 e. The molecule has 134 valence electrons. The van der Waals surface area contributed by atoms with Crippen LogP contribution in [0.4, 0.5) is 0 Å². The Hall–Kier alpha value is -1.10. The van der Waals surface area contributed by atoms with Gasteiger partial charge in [0.25, 0.3) is 0 Å². The lowest BCUT2D eigenvalue weighted by Crippen LogP contribution is -2.55. The number of rotatable bonds is 7. The molecule has 0 radical (unpaired) electrons. The molecule has 0 aliphatic heterocycles. The van der Waals surface area contributed by atoms with Gasteiger partial charge in [-0.3, -0.25) is 4.79 Å². The second-order valence-electron chi connectivity index (χ2n) is 7.07. The van der Waals surface area contributed by atoms with Crippen LogP contribution in [-0.2, 0) is 4.79 Å². The standard InChI is InChI=1S/C19H29ClN2O2/c1-14(16-10-6-7-11-17(16)20)22-18(24)12-21-19(2,13-23)15-8-4-3-5-9-15/h6-7,10-11,14-15,21,23H,3-5,8-9,12-13H2,1-2H3,(H,22,24)/t14-,19+/m1/s1. The number of amides is 1. The van der Waals surface area contributed by atoms with E-state index < -0.39 is 5.54 Å². The molecule has 1 aromatic carbocycles. The molecule has 0 spiro atoms. The topological polar surface area (TPSA) is 61.4 Å². The molecule has 0 bridgehead atoms. The van der Waals surface area contributed by atoms with Gasteiger partial charge >= 0.3 is 0 Å². The summed E-state index contributed by atoms with van der Waals surface area (Å²) in [5, 5.41) is 16.7. The lowest BCUT2D eigenvalue weighted by atomic mass is 9.76. The van der Waals surface area contributed by atoms with Crippen molar-refractivity contribution in [2.45, 2.75) is 57.5 Å². The quantitative estimate of drug-likeness (QED) is 0.704. The fourth-order valence-electron chi connectivity index (χ4n) is 3.55. The molecule has 1 aliphatic rings. The minimum atomic E-state index is -0.397. The number of nitrogens with one attached hydrogen (secondary N) is 2. The number of carbonyl (C=O) groups is 1. The first-order chi connectivity index (χ1) is 11.5. The molecule has 3 N–H and O–H groups in total. The number of benzene rings is 1. The summed E-state index contributed by atoms with van der Waals surface area (Å²) in [6, 6.07) is 7.37. The molecule has 0 unspecified atom stereocenters. The predicted molar refractivity (Wildman–Crippen MR) is 98.1 cm³/mol. The van der Waals surface area contributed by atoms with Gasteiger partial charge in [-0.25, -0.2) is 0 Å². The highest BCUT2D eigenvalue weighted by Crippen LogP contribution is 2.32. The van der Waals surface area contributed by atoms with Crippen LogP contribution < -0.4 is 10.6 Å². The van der Waals surface area contributed by atoms with E-state index >= 15 is 0 Å². The Morgan fingerprint density at radius 3 is 2.62 bits per heavy atom. The molecule has 24 heavy (non-hydrogen) atoms. The fraction of sp³-hybridized carbons (Fsp3) is 0.632. The van der Waals surface area contributed by atoms with Crippen LogP contribution >= 0.6 is 11.6 Å². The summed E-state index contributed by atoms with van der Waals surface area (Å²) in [4.78, 5) is 12.3. The zero-order chi connectivity index (χ0) is 17.6. The van der Waals surface area contributed by atoms with Crippen molar-refractivity contribution in [2.75, 3.05) is 13.2 Å². The minimum absolute atomic E-state index is 0.0466. The van der Waals surface area contributed by atoms with Crippen LogP contribution in [0.25, 0.3) is 0 Å². The van der Waals surface area contributed by atoms with Gasteiger partial charge in [0.15, 0.2) is 0 Å². The van der Waals surface area contributed by atoms with Crippen LogP contribution in [0.5, 0.6) is 0 Å².